The molecular formula is C10H18N2O. The summed E-state index contributed by atoms with van der Waals surface area (Å²) in [5.74, 6) is -0.0569. The van der Waals surface area contributed by atoms with Crippen LogP contribution in [0.15, 0.2) is 11.6 Å². The van der Waals surface area contributed by atoms with Gasteiger partial charge in [-0.2, -0.15) is 0 Å². The molecule has 13 heavy (non-hydrogen) atoms. The lowest BCUT2D eigenvalue weighted by atomic mass is 10.1. The van der Waals surface area contributed by atoms with E-state index in [0.717, 1.165) is 13.0 Å². The maximum absolute atomic E-state index is 11.1. The monoisotopic (exact) mass is 182 g/mol. The van der Waals surface area contributed by atoms with Crippen LogP contribution >= 0.6 is 0 Å². The molecule has 1 aliphatic rings. The molecule has 0 heterocycles. The second kappa shape index (κ2) is 5.02. The van der Waals surface area contributed by atoms with Crippen molar-refractivity contribution in [1.29, 1.82) is 0 Å². The van der Waals surface area contributed by atoms with Gasteiger partial charge < -0.3 is 11.1 Å². The van der Waals surface area contributed by atoms with Crippen LogP contribution in [-0.4, -0.2) is 18.5 Å². The zero-order valence-corrected chi connectivity index (χ0v) is 8.18. The summed E-state index contributed by atoms with van der Waals surface area (Å²) in [6.45, 7) is 2.43. The number of hydrogen-bond donors (Lipinski definition) is 2. The van der Waals surface area contributed by atoms with Gasteiger partial charge in [0.05, 0.1) is 6.04 Å². The van der Waals surface area contributed by atoms with E-state index >= 15 is 0 Å². The third-order valence-corrected chi connectivity index (χ3v) is 2.29. The number of nitrogens with one attached hydrogen (secondary N) is 1. The molecule has 74 valence electrons. The predicted molar refractivity (Wildman–Crippen MR) is 53.2 cm³/mol. The van der Waals surface area contributed by atoms with Crippen LogP contribution in [0.4, 0.5) is 0 Å². The molecule has 0 aromatic carbocycles. The summed E-state index contributed by atoms with van der Waals surface area (Å²) in [6.07, 6.45) is 6.94. The molecule has 0 saturated carbocycles. The lowest BCUT2D eigenvalue weighted by Gasteiger charge is -2.07. The van der Waals surface area contributed by atoms with Gasteiger partial charge in [0.1, 0.15) is 0 Å². The molecule has 0 unspecified atom stereocenters. The maximum Gasteiger partial charge on any atom is 0.236 e. The van der Waals surface area contributed by atoms with E-state index in [0.29, 0.717) is 0 Å². The number of nitrogens with two attached hydrogens (primary N) is 1. The van der Waals surface area contributed by atoms with Gasteiger partial charge in [-0.1, -0.05) is 11.6 Å². The molecule has 0 aliphatic heterocycles. The summed E-state index contributed by atoms with van der Waals surface area (Å²) >= 11 is 0. The van der Waals surface area contributed by atoms with Gasteiger partial charge in [0, 0.05) is 6.54 Å². The van der Waals surface area contributed by atoms with Crippen molar-refractivity contribution >= 4 is 5.91 Å². The third-order valence-electron chi connectivity index (χ3n) is 2.29. The Balaban J connectivity index is 2.10. The van der Waals surface area contributed by atoms with Gasteiger partial charge in [0.2, 0.25) is 5.91 Å². The molecule has 0 fully saturated rings. The van der Waals surface area contributed by atoms with Gasteiger partial charge >= 0.3 is 0 Å². The molecule has 3 nitrogen and oxygen atoms in total. The van der Waals surface area contributed by atoms with Crippen LogP contribution in [0.1, 0.15) is 32.6 Å². The smallest absolute Gasteiger partial charge is 0.236 e. The van der Waals surface area contributed by atoms with Crippen molar-refractivity contribution in [2.24, 2.45) is 5.73 Å². The van der Waals surface area contributed by atoms with Gasteiger partial charge in [-0.25, -0.2) is 0 Å². The van der Waals surface area contributed by atoms with Crippen LogP contribution in [0.5, 0.6) is 0 Å². The predicted octanol–water partition coefficient (Wildman–Crippen LogP) is 0.950. The Morgan fingerprint density at radius 2 is 2.54 bits per heavy atom. The van der Waals surface area contributed by atoms with Crippen molar-refractivity contribution in [3.8, 4) is 0 Å². The molecule has 3 N–H and O–H groups in total. The molecule has 3 heteroatoms. The summed E-state index contributed by atoms with van der Waals surface area (Å²) in [5.41, 5.74) is 6.88. The van der Waals surface area contributed by atoms with Gasteiger partial charge in [-0.15, -0.1) is 0 Å². The van der Waals surface area contributed by atoms with Crippen molar-refractivity contribution in [2.45, 2.75) is 38.6 Å². The molecule has 0 radical (unpaired) electrons. The first kappa shape index (κ1) is 10.3. The number of amides is 1. The van der Waals surface area contributed by atoms with E-state index in [1.54, 1.807) is 6.92 Å². The standard InChI is InChI=1S/C10H18N2O/c1-8(11)10(13)12-7-6-9-4-2-3-5-9/h4,8H,2-3,5-7,11H2,1H3,(H,12,13)/t8-/m0/s1. The zero-order chi connectivity index (χ0) is 9.68. The number of carbonyl (C=O) groups is 1. The van der Waals surface area contributed by atoms with E-state index < -0.39 is 6.04 Å². The fourth-order valence-electron chi connectivity index (χ4n) is 1.47. The fraction of sp³-hybridized carbons (Fsp3) is 0.700. The maximum atomic E-state index is 11.1. The summed E-state index contributed by atoms with van der Waals surface area (Å²) < 4.78 is 0. The molecule has 0 spiro atoms. The lowest BCUT2D eigenvalue weighted by molar-refractivity contribution is -0.121. The largest absolute Gasteiger partial charge is 0.354 e. The van der Waals surface area contributed by atoms with E-state index in [1.807, 2.05) is 0 Å². The van der Waals surface area contributed by atoms with E-state index in [9.17, 15) is 4.79 Å². The van der Waals surface area contributed by atoms with Gasteiger partial charge in [-0.3, -0.25) is 4.79 Å². The van der Waals surface area contributed by atoms with Gasteiger partial charge in [-0.05, 0) is 32.6 Å². The number of rotatable bonds is 4. The Morgan fingerprint density at radius 3 is 3.08 bits per heavy atom. The molecule has 0 aromatic heterocycles. The van der Waals surface area contributed by atoms with Crippen molar-refractivity contribution in [3.63, 3.8) is 0 Å². The first-order chi connectivity index (χ1) is 6.20. The zero-order valence-electron chi connectivity index (χ0n) is 8.18. The Bertz CT molecular complexity index is 209. The summed E-state index contributed by atoms with van der Waals surface area (Å²) in [4.78, 5) is 11.1. The van der Waals surface area contributed by atoms with Gasteiger partial charge in [0.15, 0.2) is 0 Å². The Kier molecular flexibility index (Phi) is 3.96. The quantitative estimate of drug-likeness (QED) is 0.636. The number of allylic oxidation sites excluding steroid dienone is 1. The van der Waals surface area contributed by atoms with Crippen LogP contribution in [0.2, 0.25) is 0 Å². The summed E-state index contributed by atoms with van der Waals surface area (Å²) in [5, 5.41) is 2.80. The highest BCUT2D eigenvalue weighted by molar-refractivity contribution is 5.80. The summed E-state index contributed by atoms with van der Waals surface area (Å²) in [7, 11) is 0. The minimum Gasteiger partial charge on any atom is -0.354 e. The van der Waals surface area contributed by atoms with Crippen molar-refractivity contribution < 1.29 is 4.79 Å². The Morgan fingerprint density at radius 1 is 1.77 bits per heavy atom. The first-order valence-electron chi connectivity index (χ1n) is 4.91. The van der Waals surface area contributed by atoms with Crippen molar-refractivity contribution in [1.82, 2.24) is 5.32 Å². The topological polar surface area (TPSA) is 55.1 Å². The first-order valence-corrected chi connectivity index (χ1v) is 4.91. The Labute approximate surface area is 79.4 Å². The van der Waals surface area contributed by atoms with Crippen LogP contribution in [0.3, 0.4) is 0 Å². The highest BCUT2D eigenvalue weighted by atomic mass is 16.2. The molecule has 1 atom stereocenters. The minimum atomic E-state index is -0.391. The average molecular weight is 182 g/mol. The van der Waals surface area contributed by atoms with E-state index in [2.05, 4.69) is 11.4 Å². The van der Waals surface area contributed by atoms with E-state index in [-0.39, 0.29) is 5.91 Å². The minimum absolute atomic E-state index is 0.0569. The normalized spacial score (nSPS) is 18.2. The SMILES string of the molecule is C[C@H](N)C(=O)NCCC1=CCCC1. The van der Waals surface area contributed by atoms with Crippen molar-refractivity contribution in [3.05, 3.63) is 11.6 Å². The highest BCUT2D eigenvalue weighted by Crippen LogP contribution is 2.19. The lowest BCUT2D eigenvalue weighted by Crippen LogP contribution is -2.38. The van der Waals surface area contributed by atoms with Crippen molar-refractivity contribution in [2.75, 3.05) is 6.54 Å². The molecule has 1 amide bonds. The third kappa shape index (κ3) is 3.59. The molecule has 1 rings (SSSR count). The molecule has 0 bridgehead atoms. The van der Waals surface area contributed by atoms with Crippen LogP contribution in [-0.2, 0) is 4.79 Å². The fourth-order valence-corrected chi connectivity index (χ4v) is 1.47. The van der Waals surface area contributed by atoms with Crippen LogP contribution < -0.4 is 11.1 Å². The second-order valence-electron chi connectivity index (χ2n) is 3.58. The van der Waals surface area contributed by atoms with Gasteiger partial charge in [0.25, 0.3) is 0 Å². The molecular weight excluding hydrogens is 164 g/mol. The average Bonchev–Trinajstić information content (AvgIpc) is 2.56. The summed E-state index contributed by atoms with van der Waals surface area (Å²) in [6, 6.07) is -0.391. The molecule has 0 aromatic rings. The van der Waals surface area contributed by atoms with Crippen LogP contribution in [0, 0.1) is 0 Å². The van der Waals surface area contributed by atoms with Crippen LogP contribution in [0.25, 0.3) is 0 Å². The number of carbonyl (C=O) groups excluding carboxylic acids is 1. The van der Waals surface area contributed by atoms with E-state index in [1.165, 1.54) is 24.8 Å². The number of hydrogen-bond acceptors (Lipinski definition) is 2. The van der Waals surface area contributed by atoms with E-state index in [4.69, 9.17) is 5.73 Å². The molecule has 0 saturated heterocycles. The highest BCUT2D eigenvalue weighted by Gasteiger charge is 2.07. The Hall–Kier alpha value is -0.830. The molecule has 1 aliphatic carbocycles. The second-order valence-corrected chi connectivity index (χ2v) is 3.58.